The molecule has 0 bridgehead atoms. The maximum Gasteiger partial charge on any atom is 0.322 e. The molecule has 0 saturated carbocycles. The summed E-state index contributed by atoms with van der Waals surface area (Å²) in [6, 6.07) is 7.37. The smallest absolute Gasteiger partial charge is 0.322 e. The van der Waals surface area contributed by atoms with Gasteiger partial charge in [-0.2, -0.15) is 0 Å². The number of carbonyl (C=O) groups is 1. The van der Waals surface area contributed by atoms with E-state index in [1.54, 1.807) is 17.9 Å². The van der Waals surface area contributed by atoms with Gasteiger partial charge in [0, 0.05) is 18.3 Å². The molecule has 0 aromatic heterocycles. The van der Waals surface area contributed by atoms with Crippen LogP contribution in [0.15, 0.2) is 24.3 Å². The monoisotopic (exact) mass is 264 g/mol. The van der Waals surface area contributed by atoms with Crippen LogP contribution in [0.3, 0.4) is 0 Å². The van der Waals surface area contributed by atoms with Gasteiger partial charge >= 0.3 is 6.03 Å². The molecule has 2 N–H and O–H groups in total. The third-order valence-corrected chi connectivity index (χ3v) is 2.97. The Bertz CT molecular complexity index is 416. The van der Waals surface area contributed by atoms with E-state index in [0.717, 1.165) is 18.5 Å². The molecule has 0 radical (unpaired) electrons. The summed E-state index contributed by atoms with van der Waals surface area (Å²) in [6.07, 6.45) is 0.396. The zero-order valence-corrected chi connectivity index (χ0v) is 12.2. The summed E-state index contributed by atoms with van der Waals surface area (Å²) in [5.74, 6) is 0. The minimum absolute atomic E-state index is 0.0976. The molecule has 1 aromatic carbocycles. The Morgan fingerprint density at radius 1 is 1.37 bits per heavy atom. The van der Waals surface area contributed by atoms with E-state index in [1.165, 1.54) is 0 Å². The Kier molecular flexibility index (Phi) is 5.83. The summed E-state index contributed by atoms with van der Waals surface area (Å²) in [5, 5.41) is 12.4. The number of aliphatic hydroxyl groups excluding tert-OH is 1. The van der Waals surface area contributed by atoms with Crippen molar-refractivity contribution in [2.45, 2.75) is 46.3 Å². The van der Waals surface area contributed by atoms with Gasteiger partial charge < -0.3 is 15.3 Å². The zero-order valence-electron chi connectivity index (χ0n) is 12.2. The number of urea groups is 1. The van der Waals surface area contributed by atoms with E-state index in [9.17, 15) is 9.90 Å². The van der Waals surface area contributed by atoms with Gasteiger partial charge in [0.25, 0.3) is 0 Å². The fourth-order valence-corrected chi connectivity index (χ4v) is 1.91. The minimum atomic E-state index is -0.534. The van der Waals surface area contributed by atoms with Crippen LogP contribution in [0, 0.1) is 0 Å². The molecule has 1 atom stereocenters. The molecule has 0 heterocycles. The number of rotatable bonds is 5. The van der Waals surface area contributed by atoms with Gasteiger partial charge in [-0.15, -0.1) is 0 Å². The van der Waals surface area contributed by atoms with Crippen molar-refractivity contribution in [3.05, 3.63) is 29.8 Å². The van der Waals surface area contributed by atoms with Gasteiger partial charge in [0.15, 0.2) is 0 Å². The van der Waals surface area contributed by atoms with Crippen molar-refractivity contribution < 1.29 is 9.90 Å². The highest BCUT2D eigenvalue weighted by molar-refractivity contribution is 5.89. The van der Waals surface area contributed by atoms with Crippen LogP contribution in [0.25, 0.3) is 0 Å². The van der Waals surface area contributed by atoms with E-state index in [-0.39, 0.29) is 12.1 Å². The summed E-state index contributed by atoms with van der Waals surface area (Å²) < 4.78 is 0. The van der Waals surface area contributed by atoms with Crippen molar-refractivity contribution in [2.24, 2.45) is 0 Å². The highest BCUT2D eigenvalue weighted by atomic mass is 16.3. The number of anilines is 1. The number of aliphatic hydroxyl groups is 1. The van der Waals surface area contributed by atoms with Crippen molar-refractivity contribution in [3.8, 4) is 0 Å². The lowest BCUT2D eigenvalue weighted by Crippen LogP contribution is -2.40. The molecule has 0 spiro atoms. The van der Waals surface area contributed by atoms with E-state index in [1.807, 2.05) is 32.0 Å². The van der Waals surface area contributed by atoms with E-state index in [2.05, 4.69) is 12.2 Å². The Labute approximate surface area is 115 Å². The Morgan fingerprint density at radius 3 is 2.58 bits per heavy atom. The normalized spacial score (nSPS) is 12.3. The summed E-state index contributed by atoms with van der Waals surface area (Å²) in [4.78, 5) is 14.0. The molecule has 1 rings (SSSR count). The van der Waals surface area contributed by atoms with Crippen molar-refractivity contribution in [1.29, 1.82) is 0 Å². The van der Waals surface area contributed by atoms with Gasteiger partial charge in [-0.25, -0.2) is 4.79 Å². The van der Waals surface area contributed by atoms with Gasteiger partial charge in [-0.3, -0.25) is 0 Å². The predicted octanol–water partition coefficient (Wildman–Crippen LogP) is 3.39. The highest BCUT2D eigenvalue weighted by Gasteiger charge is 2.16. The second-order valence-corrected chi connectivity index (χ2v) is 5.02. The first-order valence-corrected chi connectivity index (χ1v) is 6.81. The van der Waals surface area contributed by atoms with Gasteiger partial charge in [0.05, 0.1) is 6.10 Å². The number of nitrogens with zero attached hydrogens (tertiary/aromatic N) is 1. The number of nitrogens with one attached hydrogen (secondary N) is 1. The van der Waals surface area contributed by atoms with E-state index < -0.39 is 6.10 Å². The van der Waals surface area contributed by atoms with Crippen LogP contribution in [0.2, 0.25) is 0 Å². The molecule has 0 aliphatic heterocycles. The quantitative estimate of drug-likeness (QED) is 0.856. The summed E-state index contributed by atoms with van der Waals surface area (Å²) in [5.41, 5.74) is 1.51. The van der Waals surface area contributed by atoms with Gasteiger partial charge in [0.1, 0.15) is 0 Å². The first-order chi connectivity index (χ1) is 8.95. The third kappa shape index (κ3) is 4.56. The van der Waals surface area contributed by atoms with Crippen LogP contribution in [0.1, 0.15) is 45.8 Å². The second-order valence-electron chi connectivity index (χ2n) is 5.02. The van der Waals surface area contributed by atoms with Gasteiger partial charge in [0.2, 0.25) is 0 Å². The molecule has 1 unspecified atom stereocenters. The summed E-state index contributed by atoms with van der Waals surface area (Å²) in [7, 11) is 0. The summed E-state index contributed by atoms with van der Waals surface area (Å²) in [6.45, 7) is 8.50. The lowest BCUT2D eigenvalue weighted by Gasteiger charge is -2.26. The van der Waals surface area contributed by atoms with Crippen molar-refractivity contribution in [3.63, 3.8) is 0 Å². The fourth-order valence-electron chi connectivity index (χ4n) is 1.91. The molecule has 0 aliphatic carbocycles. The predicted molar refractivity (Wildman–Crippen MR) is 78.2 cm³/mol. The first-order valence-electron chi connectivity index (χ1n) is 6.81. The lowest BCUT2D eigenvalue weighted by atomic mass is 10.1. The topological polar surface area (TPSA) is 52.6 Å². The lowest BCUT2D eigenvalue weighted by molar-refractivity contribution is 0.196. The average Bonchev–Trinajstić information content (AvgIpc) is 2.35. The number of benzene rings is 1. The molecule has 19 heavy (non-hydrogen) atoms. The molecule has 0 aliphatic rings. The van der Waals surface area contributed by atoms with Crippen molar-refractivity contribution in [2.75, 3.05) is 11.9 Å². The molecule has 2 amide bonds. The summed E-state index contributed by atoms with van der Waals surface area (Å²) >= 11 is 0. The molecular weight excluding hydrogens is 240 g/mol. The Morgan fingerprint density at radius 2 is 2.05 bits per heavy atom. The minimum Gasteiger partial charge on any atom is -0.389 e. The molecular formula is C15H24N2O2. The molecule has 106 valence electrons. The number of amides is 2. The van der Waals surface area contributed by atoms with Crippen LogP contribution in [0.5, 0.6) is 0 Å². The molecule has 4 heteroatoms. The van der Waals surface area contributed by atoms with Crippen molar-refractivity contribution in [1.82, 2.24) is 4.90 Å². The van der Waals surface area contributed by atoms with Crippen LogP contribution in [-0.4, -0.2) is 28.6 Å². The molecule has 4 nitrogen and oxygen atoms in total. The molecule has 1 aromatic rings. The third-order valence-electron chi connectivity index (χ3n) is 2.97. The maximum absolute atomic E-state index is 12.2. The fraction of sp³-hybridized carbons (Fsp3) is 0.533. The van der Waals surface area contributed by atoms with Crippen LogP contribution >= 0.6 is 0 Å². The largest absolute Gasteiger partial charge is 0.389 e. The molecule has 0 saturated heterocycles. The molecule has 0 fully saturated rings. The van der Waals surface area contributed by atoms with Gasteiger partial charge in [-0.05, 0) is 44.9 Å². The number of hydrogen-bond acceptors (Lipinski definition) is 2. The van der Waals surface area contributed by atoms with Gasteiger partial charge in [-0.1, -0.05) is 19.1 Å². The average molecular weight is 264 g/mol. The first kappa shape index (κ1) is 15.5. The van der Waals surface area contributed by atoms with E-state index in [0.29, 0.717) is 5.69 Å². The van der Waals surface area contributed by atoms with Crippen LogP contribution in [0.4, 0.5) is 10.5 Å². The SMILES string of the molecule is CCCN(C(=O)Nc1cccc(C(C)O)c1)C(C)C. The zero-order chi connectivity index (χ0) is 14.4. The second kappa shape index (κ2) is 7.14. The maximum atomic E-state index is 12.2. The Hall–Kier alpha value is -1.55. The number of hydrogen-bond donors (Lipinski definition) is 2. The standard InChI is InChI=1S/C15H24N2O2/c1-5-9-17(11(2)3)15(19)16-14-8-6-7-13(10-14)12(4)18/h6-8,10-12,18H,5,9H2,1-4H3,(H,16,19). The highest BCUT2D eigenvalue weighted by Crippen LogP contribution is 2.17. The van der Waals surface area contributed by atoms with Crippen LogP contribution in [-0.2, 0) is 0 Å². The number of carbonyl (C=O) groups excluding carboxylic acids is 1. The Balaban J connectivity index is 2.77. The van der Waals surface area contributed by atoms with Crippen molar-refractivity contribution >= 4 is 11.7 Å². The van der Waals surface area contributed by atoms with E-state index in [4.69, 9.17) is 0 Å². The van der Waals surface area contributed by atoms with Crippen LogP contribution < -0.4 is 5.32 Å². The van der Waals surface area contributed by atoms with E-state index >= 15 is 0 Å².